The fourth-order valence-corrected chi connectivity index (χ4v) is 3.97. The molecule has 2 heterocycles. The van der Waals surface area contributed by atoms with Crippen LogP contribution >= 0.6 is 0 Å². The predicted octanol–water partition coefficient (Wildman–Crippen LogP) is 4.28. The summed E-state index contributed by atoms with van der Waals surface area (Å²) in [4.78, 5) is 17.4. The second kappa shape index (κ2) is 8.62. The Labute approximate surface area is 193 Å². The zero-order valence-electron chi connectivity index (χ0n) is 18.2. The van der Waals surface area contributed by atoms with Crippen LogP contribution in [0, 0.1) is 11.6 Å². The minimum Gasteiger partial charge on any atom is -0.478 e. The molecule has 172 valence electrons. The first kappa shape index (κ1) is 21.6. The number of H-pyrrole nitrogens is 1. The van der Waals surface area contributed by atoms with Crippen molar-refractivity contribution >= 4 is 11.6 Å². The van der Waals surface area contributed by atoms with Gasteiger partial charge in [0.05, 0.1) is 12.0 Å². The minimum atomic E-state index is -1.09. The summed E-state index contributed by atoms with van der Waals surface area (Å²) >= 11 is 0. The molecule has 2 aromatic heterocycles. The summed E-state index contributed by atoms with van der Waals surface area (Å²) in [5.74, 6) is -0.734. The monoisotopic (exact) mass is 462 g/mol. The van der Waals surface area contributed by atoms with Gasteiger partial charge in [-0.25, -0.2) is 13.8 Å². The number of tetrazole rings is 1. The van der Waals surface area contributed by atoms with Gasteiger partial charge in [-0.3, -0.25) is 4.79 Å². The van der Waals surface area contributed by atoms with Gasteiger partial charge in [-0.1, -0.05) is 6.07 Å². The third-order valence-corrected chi connectivity index (χ3v) is 5.83. The van der Waals surface area contributed by atoms with E-state index in [1.54, 1.807) is 30.5 Å². The number of nitrogens with one attached hydrogen (secondary N) is 2. The smallest absolute Gasteiger partial charge is 0.235 e. The predicted molar refractivity (Wildman–Crippen MR) is 120 cm³/mol. The lowest BCUT2D eigenvalue weighted by Crippen LogP contribution is -2.29. The number of hydrogen-bond acceptors (Lipinski definition) is 6. The van der Waals surface area contributed by atoms with Crippen molar-refractivity contribution in [2.45, 2.75) is 25.2 Å². The van der Waals surface area contributed by atoms with E-state index in [0.29, 0.717) is 42.4 Å². The normalized spacial score (nSPS) is 14.0. The minimum absolute atomic E-state index is 0.0699. The zero-order valence-corrected chi connectivity index (χ0v) is 18.2. The maximum absolute atomic E-state index is 14.4. The van der Waals surface area contributed by atoms with Crippen molar-refractivity contribution in [3.05, 3.63) is 71.9 Å². The number of anilines is 1. The number of nitrogens with zero attached hydrogens (tertiary/aromatic N) is 4. The van der Waals surface area contributed by atoms with E-state index in [-0.39, 0.29) is 5.56 Å². The first-order valence-electron chi connectivity index (χ1n) is 10.7. The molecule has 0 spiro atoms. The van der Waals surface area contributed by atoms with Gasteiger partial charge < -0.3 is 10.1 Å². The molecule has 0 bridgehead atoms. The molecular weight excluding hydrogens is 442 g/mol. The van der Waals surface area contributed by atoms with Crippen LogP contribution in [-0.4, -0.2) is 38.1 Å². The van der Waals surface area contributed by atoms with Crippen LogP contribution < -0.4 is 10.1 Å². The number of rotatable bonds is 7. The highest BCUT2D eigenvalue weighted by Gasteiger charge is 2.53. The fourth-order valence-electron chi connectivity index (χ4n) is 3.97. The van der Waals surface area contributed by atoms with Gasteiger partial charge in [0.15, 0.2) is 0 Å². The lowest BCUT2D eigenvalue weighted by atomic mass is 9.93. The summed E-state index contributed by atoms with van der Waals surface area (Å²) in [7, 11) is 0. The summed E-state index contributed by atoms with van der Waals surface area (Å²) in [6.45, 7) is 2.39. The van der Waals surface area contributed by atoms with E-state index in [1.807, 2.05) is 13.0 Å². The Morgan fingerprint density at radius 1 is 1.12 bits per heavy atom. The Bertz CT molecular complexity index is 1340. The van der Waals surface area contributed by atoms with Crippen LogP contribution in [0.2, 0.25) is 0 Å². The van der Waals surface area contributed by atoms with Gasteiger partial charge in [0, 0.05) is 34.6 Å². The molecule has 2 aromatic carbocycles. The molecule has 10 heteroatoms. The lowest BCUT2D eigenvalue weighted by molar-refractivity contribution is -0.118. The second-order valence-corrected chi connectivity index (χ2v) is 7.97. The zero-order chi connectivity index (χ0) is 23.7. The molecule has 1 saturated carbocycles. The van der Waals surface area contributed by atoms with E-state index >= 15 is 0 Å². The van der Waals surface area contributed by atoms with Gasteiger partial charge >= 0.3 is 0 Å². The van der Waals surface area contributed by atoms with Crippen LogP contribution in [0.1, 0.15) is 25.3 Å². The highest BCUT2D eigenvalue weighted by atomic mass is 19.1. The van der Waals surface area contributed by atoms with E-state index in [9.17, 15) is 13.6 Å². The summed E-state index contributed by atoms with van der Waals surface area (Å²) < 4.78 is 33.5. The van der Waals surface area contributed by atoms with Crippen LogP contribution in [0.3, 0.4) is 0 Å². The Morgan fingerprint density at radius 3 is 2.65 bits per heavy atom. The Kier molecular flexibility index (Phi) is 5.48. The van der Waals surface area contributed by atoms with Crippen LogP contribution in [0.25, 0.3) is 22.5 Å². The first-order valence-corrected chi connectivity index (χ1v) is 10.7. The van der Waals surface area contributed by atoms with Crippen LogP contribution in [0.4, 0.5) is 14.5 Å². The molecule has 4 aromatic rings. The Balaban J connectivity index is 1.47. The average molecular weight is 462 g/mol. The van der Waals surface area contributed by atoms with Crippen molar-refractivity contribution in [3.8, 4) is 28.4 Å². The van der Waals surface area contributed by atoms with E-state index in [1.165, 1.54) is 0 Å². The lowest BCUT2D eigenvalue weighted by Gasteiger charge is -2.17. The number of pyridine rings is 1. The standard InChI is InChI=1S/C24H20F2N6O2/c1-2-34-21-8-3-14(13-27-21)17-6-5-16(12-18(17)22-29-31-32-30-22)28-23(33)24(9-10-24)19-11-15(25)4-7-20(19)26/h3-8,11-13H,2,9-10H2,1H3,(H,28,33)(H,29,30,31,32). The molecule has 0 aliphatic heterocycles. The molecule has 0 unspecified atom stereocenters. The van der Waals surface area contributed by atoms with Gasteiger partial charge in [-0.2, -0.15) is 5.21 Å². The van der Waals surface area contributed by atoms with Crippen LogP contribution in [-0.2, 0) is 10.2 Å². The van der Waals surface area contributed by atoms with Crippen molar-refractivity contribution in [2.75, 3.05) is 11.9 Å². The third kappa shape index (κ3) is 3.98. The molecule has 5 rings (SSSR count). The van der Waals surface area contributed by atoms with Gasteiger partial charge in [-0.15, -0.1) is 10.2 Å². The molecule has 34 heavy (non-hydrogen) atoms. The maximum Gasteiger partial charge on any atom is 0.235 e. The number of carbonyl (C=O) groups excluding carboxylic acids is 1. The summed E-state index contributed by atoms with van der Waals surface area (Å²) in [6, 6.07) is 12.1. The van der Waals surface area contributed by atoms with E-state index in [2.05, 4.69) is 30.9 Å². The molecule has 0 radical (unpaired) electrons. The van der Waals surface area contributed by atoms with E-state index in [4.69, 9.17) is 4.74 Å². The van der Waals surface area contributed by atoms with E-state index in [0.717, 1.165) is 29.3 Å². The molecule has 1 fully saturated rings. The van der Waals surface area contributed by atoms with E-state index < -0.39 is 23.0 Å². The Hall–Kier alpha value is -4.21. The summed E-state index contributed by atoms with van der Waals surface area (Å²) in [6.07, 6.45) is 2.55. The molecule has 2 N–H and O–H groups in total. The summed E-state index contributed by atoms with van der Waals surface area (Å²) in [5, 5.41) is 17.1. The number of aromatic amines is 1. The molecule has 8 nitrogen and oxygen atoms in total. The molecular formula is C24H20F2N6O2. The highest BCUT2D eigenvalue weighted by molar-refractivity contribution is 6.02. The average Bonchev–Trinajstić information content (AvgIpc) is 3.47. The molecule has 0 atom stereocenters. The van der Waals surface area contributed by atoms with Gasteiger partial charge in [0.2, 0.25) is 17.6 Å². The third-order valence-electron chi connectivity index (χ3n) is 5.83. The SMILES string of the molecule is CCOc1ccc(-c2ccc(NC(=O)C3(c4cc(F)ccc4F)CC3)cc2-c2nn[nH]n2)cn1. The molecule has 1 aliphatic carbocycles. The number of amides is 1. The van der Waals surface area contributed by atoms with Crippen molar-refractivity contribution in [1.29, 1.82) is 0 Å². The number of benzene rings is 2. The van der Waals surface area contributed by atoms with Gasteiger partial charge in [0.1, 0.15) is 11.6 Å². The number of carbonyl (C=O) groups is 1. The summed E-state index contributed by atoms with van der Waals surface area (Å²) in [5.41, 5.74) is 1.63. The number of hydrogen-bond donors (Lipinski definition) is 2. The Morgan fingerprint density at radius 2 is 1.97 bits per heavy atom. The largest absolute Gasteiger partial charge is 0.478 e. The maximum atomic E-state index is 14.4. The number of ether oxygens (including phenoxy) is 1. The first-order chi connectivity index (χ1) is 16.5. The topological polar surface area (TPSA) is 106 Å². The van der Waals surface area contributed by atoms with Crippen molar-refractivity contribution < 1.29 is 18.3 Å². The highest BCUT2D eigenvalue weighted by Crippen LogP contribution is 2.50. The molecule has 0 saturated heterocycles. The molecule has 1 aliphatic rings. The quantitative estimate of drug-likeness (QED) is 0.425. The number of aromatic nitrogens is 5. The molecule has 1 amide bonds. The van der Waals surface area contributed by atoms with Crippen molar-refractivity contribution in [3.63, 3.8) is 0 Å². The fraction of sp³-hybridized carbons (Fsp3) is 0.208. The van der Waals surface area contributed by atoms with Crippen LogP contribution in [0.15, 0.2) is 54.7 Å². The second-order valence-electron chi connectivity index (χ2n) is 7.97. The van der Waals surface area contributed by atoms with Gasteiger partial charge in [-0.05, 0) is 66.9 Å². The van der Waals surface area contributed by atoms with Crippen molar-refractivity contribution in [2.24, 2.45) is 0 Å². The van der Waals surface area contributed by atoms with Gasteiger partial charge in [0.25, 0.3) is 0 Å². The van der Waals surface area contributed by atoms with Crippen LogP contribution in [0.5, 0.6) is 5.88 Å². The van der Waals surface area contributed by atoms with Crippen molar-refractivity contribution in [1.82, 2.24) is 25.6 Å². The number of halogens is 2.